The van der Waals surface area contributed by atoms with Gasteiger partial charge in [0.1, 0.15) is 12.7 Å². The van der Waals surface area contributed by atoms with Gasteiger partial charge < -0.3 is 25.2 Å². The van der Waals surface area contributed by atoms with Crippen molar-refractivity contribution in [3.63, 3.8) is 0 Å². The number of carbonyl (C=O) groups excluding carboxylic acids is 2. The Balaban J connectivity index is 3.93. The number of aliphatic hydroxyl groups is 1. The van der Waals surface area contributed by atoms with Gasteiger partial charge in [0.15, 0.2) is 6.04 Å². The van der Waals surface area contributed by atoms with Gasteiger partial charge in [0.2, 0.25) is 5.91 Å². The zero-order valence-electron chi connectivity index (χ0n) is 38.6. The van der Waals surface area contributed by atoms with Gasteiger partial charge in [0.05, 0.1) is 13.2 Å². The van der Waals surface area contributed by atoms with E-state index in [1.165, 1.54) is 77.0 Å². The summed E-state index contributed by atoms with van der Waals surface area (Å²) in [6.07, 6.45) is 53.4. The zero-order valence-corrected chi connectivity index (χ0v) is 39.5. The Morgan fingerprint density at radius 2 is 0.887 bits per heavy atom. The molecule has 0 aliphatic carbocycles. The molecule has 1 amide bonds. The lowest BCUT2D eigenvalue weighted by molar-refractivity contribution is -0.147. The number of aliphatic carboxylic acids is 1. The van der Waals surface area contributed by atoms with Crippen LogP contribution in [-0.2, 0) is 32.7 Å². The first-order chi connectivity index (χ1) is 30.1. The summed E-state index contributed by atoms with van der Waals surface area (Å²) in [6.45, 7) is 2.51. The molecule has 0 aliphatic rings. The Kier molecular flexibility index (Phi) is 42.3. The van der Waals surface area contributed by atoms with Crippen LogP contribution in [0.3, 0.4) is 0 Å². The summed E-state index contributed by atoms with van der Waals surface area (Å²) < 4.78 is 26.9. The number of carbonyl (C=O) groups is 3. The smallest absolute Gasteiger partial charge is 0.472 e. The number of hydrogen-bond acceptors (Lipinski definition) is 8. The summed E-state index contributed by atoms with van der Waals surface area (Å²) in [7, 11) is -4.77. The molecular formula is C50H86NO10P. The molecule has 3 unspecified atom stereocenters. The number of allylic oxidation sites excluding steroid dienone is 12. The van der Waals surface area contributed by atoms with E-state index in [2.05, 4.69) is 92.1 Å². The standard InChI is InChI=1S/C50H86NO10P/c1-3-5-7-9-11-13-15-17-19-21-23-25-27-29-31-33-35-37-39-41-48(53)51-47(50(55)56)45-61-62(57,58)60-44-46(52)43-59-49(54)42-40-38-36-34-32-30-28-26-24-22-20-18-16-14-12-10-8-6-4-2/h11-14,17-20,24,26,30,32,46-47,52H,3-10,15-16,21-23,25,27-29,31,33-45H2,1-2H3,(H,51,53)(H,55,56)(H,57,58)/b13-11-,14-12-,19-17-,20-18-,26-24-,32-30-. The van der Waals surface area contributed by atoms with Crippen molar-refractivity contribution in [2.24, 2.45) is 0 Å². The molecule has 0 fully saturated rings. The molecule has 0 aromatic carbocycles. The maximum atomic E-state index is 12.3. The highest BCUT2D eigenvalue weighted by Gasteiger charge is 2.28. The van der Waals surface area contributed by atoms with E-state index in [1.807, 2.05) is 0 Å². The molecule has 356 valence electrons. The number of carboxylic acid groups (broad SMARTS) is 1. The molecule has 0 aliphatic heterocycles. The van der Waals surface area contributed by atoms with Gasteiger partial charge in [-0.2, -0.15) is 0 Å². The van der Waals surface area contributed by atoms with Gasteiger partial charge in [-0.3, -0.25) is 18.6 Å². The van der Waals surface area contributed by atoms with Crippen LogP contribution < -0.4 is 5.32 Å². The number of hydrogen-bond donors (Lipinski definition) is 4. The number of rotatable bonds is 44. The second-order valence-corrected chi connectivity index (χ2v) is 17.4. The van der Waals surface area contributed by atoms with E-state index in [0.717, 1.165) is 77.0 Å². The summed E-state index contributed by atoms with van der Waals surface area (Å²) >= 11 is 0. The minimum Gasteiger partial charge on any atom is -0.480 e. The maximum absolute atomic E-state index is 12.3. The SMILES string of the molecule is CCCCC/C=C\C/C=C\C/C=C\C/C=C\CCCCCC(=O)OCC(O)COP(=O)(O)OCC(NC(=O)CCCCCCCCCCC/C=C\C/C=C\CCCCC)C(=O)O. The molecule has 11 nitrogen and oxygen atoms in total. The summed E-state index contributed by atoms with van der Waals surface area (Å²) in [5, 5.41) is 21.9. The summed E-state index contributed by atoms with van der Waals surface area (Å²) in [5.41, 5.74) is 0. The first kappa shape index (κ1) is 58.9. The van der Waals surface area contributed by atoms with Crippen molar-refractivity contribution >= 4 is 25.7 Å². The van der Waals surface area contributed by atoms with E-state index >= 15 is 0 Å². The molecule has 0 rings (SSSR count). The molecule has 0 saturated carbocycles. The maximum Gasteiger partial charge on any atom is 0.472 e. The summed E-state index contributed by atoms with van der Waals surface area (Å²) in [6, 6.07) is -1.56. The van der Waals surface area contributed by atoms with Gasteiger partial charge in [-0.1, -0.05) is 164 Å². The third-order valence-corrected chi connectivity index (χ3v) is 10.9. The van der Waals surface area contributed by atoms with Gasteiger partial charge in [0.25, 0.3) is 0 Å². The number of aliphatic hydroxyl groups excluding tert-OH is 1. The van der Waals surface area contributed by atoms with Crippen molar-refractivity contribution in [1.82, 2.24) is 5.32 Å². The van der Waals surface area contributed by atoms with E-state index in [4.69, 9.17) is 13.8 Å². The number of nitrogens with one attached hydrogen (secondary N) is 1. The fourth-order valence-corrected chi connectivity index (χ4v) is 6.98. The van der Waals surface area contributed by atoms with E-state index in [-0.39, 0.29) is 12.8 Å². The van der Waals surface area contributed by atoms with E-state index < -0.39 is 57.6 Å². The third kappa shape index (κ3) is 43.6. The predicted molar refractivity (Wildman–Crippen MR) is 254 cm³/mol. The normalized spacial score (nSPS) is 14.3. The van der Waals surface area contributed by atoms with Crippen LogP contribution in [0, 0.1) is 0 Å². The van der Waals surface area contributed by atoms with Crippen LogP contribution in [-0.4, -0.2) is 64.9 Å². The second-order valence-electron chi connectivity index (χ2n) is 15.9. The molecule has 0 spiro atoms. The molecular weight excluding hydrogens is 806 g/mol. The number of phosphoric acid groups is 1. The molecule has 0 saturated heterocycles. The van der Waals surface area contributed by atoms with Crippen LogP contribution in [0.4, 0.5) is 0 Å². The molecule has 4 N–H and O–H groups in total. The van der Waals surface area contributed by atoms with Gasteiger partial charge in [-0.05, 0) is 89.9 Å². The van der Waals surface area contributed by atoms with Crippen LogP contribution in [0.15, 0.2) is 72.9 Å². The highest BCUT2D eigenvalue weighted by atomic mass is 31.2. The molecule has 3 atom stereocenters. The average Bonchev–Trinajstić information content (AvgIpc) is 3.25. The topological polar surface area (TPSA) is 169 Å². The number of amides is 1. The lowest BCUT2D eigenvalue weighted by atomic mass is 10.1. The van der Waals surface area contributed by atoms with Crippen molar-refractivity contribution in [1.29, 1.82) is 0 Å². The van der Waals surface area contributed by atoms with E-state index in [9.17, 15) is 34.1 Å². The predicted octanol–water partition coefficient (Wildman–Crippen LogP) is 12.9. The van der Waals surface area contributed by atoms with Gasteiger partial charge in [-0.25, -0.2) is 9.36 Å². The summed E-state index contributed by atoms with van der Waals surface area (Å²) in [4.78, 5) is 46.0. The van der Waals surface area contributed by atoms with Gasteiger partial charge >= 0.3 is 19.8 Å². The monoisotopic (exact) mass is 892 g/mol. The minimum absolute atomic E-state index is 0.135. The molecule has 0 radical (unpaired) electrons. The number of unbranched alkanes of at least 4 members (excludes halogenated alkanes) is 18. The molecule has 62 heavy (non-hydrogen) atoms. The van der Waals surface area contributed by atoms with Crippen LogP contribution >= 0.6 is 7.82 Å². The molecule has 12 heteroatoms. The Labute approximate surface area is 376 Å². The molecule has 0 heterocycles. The molecule has 0 aromatic rings. The highest BCUT2D eigenvalue weighted by Crippen LogP contribution is 2.43. The van der Waals surface area contributed by atoms with Crippen LogP contribution in [0.5, 0.6) is 0 Å². The summed E-state index contributed by atoms with van der Waals surface area (Å²) in [5.74, 6) is -2.42. The Morgan fingerprint density at radius 3 is 1.34 bits per heavy atom. The lowest BCUT2D eigenvalue weighted by Crippen LogP contribution is -2.43. The fourth-order valence-electron chi connectivity index (χ4n) is 6.21. The number of ether oxygens (including phenoxy) is 1. The average molecular weight is 892 g/mol. The lowest BCUT2D eigenvalue weighted by Gasteiger charge is -2.18. The van der Waals surface area contributed by atoms with Crippen molar-refractivity contribution in [3.05, 3.63) is 72.9 Å². The van der Waals surface area contributed by atoms with Crippen molar-refractivity contribution in [2.75, 3.05) is 19.8 Å². The van der Waals surface area contributed by atoms with E-state index in [0.29, 0.717) is 12.8 Å². The van der Waals surface area contributed by atoms with Crippen LogP contribution in [0.25, 0.3) is 0 Å². The second kappa shape index (κ2) is 44.5. The number of esters is 1. The Morgan fingerprint density at radius 1 is 0.516 bits per heavy atom. The quantitative estimate of drug-likeness (QED) is 0.0200. The van der Waals surface area contributed by atoms with Crippen molar-refractivity contribution in [3.8, 4) is 0 Å². The first-order valence-electron chi connectivity index (χ1n) is 24.0. The number of phosphoric ester groups is 1. The zero-order chi connectivity index (χ0) is 45.6. The Bertz CT molecular complexity index is 1320. The van der Waals surface area contributed by atoms with E-state index in [1.54, 1.807) is 0 Å². The van der Waals surface area contributed by atoms with Crippen molar-refractivity contribution in [2.45, 2.75) is 206 Å². The van der Waals surface area contributed by atoms with Crippen LogP contribution in [0.2, 0.25) is 0 Å². The minimum atomic E-state index is -4.77. The van der Waals surface area contributed by atoms with Gasteiger partial charge in [0, 0.05) is 12.8 Å². The van der Waals surface area contributed by atoms with Gasteiger partial charge in [-0.15, -0.1) is 0 Å². The first-order valence-corrected chi connectivity index (χ1v) is 25.5. The molecule has 0 aromatic heterocycles. The van der Waals surface area contributed by atoms with Crippen LogP contribution in [0.1, 0.15) is 194 Å². The fraction of sp³-hybridized carbons (Fsp3) is 0.700. The largest absolute Gasteiger partial charge is 0.480 e. The third-order valence-electron chi connectivity index (χ3n) is 9.97. The van der Waals surface area contributed by atoms with Crippen molar-refractivity contribution < 1.29 is 47.8 Å². The Hall–Kier alpha value is -3.08. The highest BCUT2D eigenvalue weighted by molar-refractivity contribution is 7.47. The number of carboxylic acids is 1. The molecule has 0 bridgehead atoms.